The van der Waals surface area contributed by atoms with Crippen molar-refractivity contribution in [2.24, 2.45) is 0 Å². The highest BCUT2D eigenvalue weighted by Gasteiger charge is 2.08. The molecule has 1 N–H and O–H groups in total. The molecule has 0 saturated carbocycles. The standard InChI is InChI=1S/C11H14FNOS.C7H8O3S/c1-15(2)8-7-11(14)13-10-5-3-9(12)4-6-10;1-6-2-4-7(5-3-6)11(8,9)10/h3-6H,7-8H2,1-2H3;2-5H,1H3,(H,8,9,10). The van der Waals surface area contributed by atoms with Gasteiger partial charge in [0.2, 0.25) is 5.91 Å². The average Bonchev–Trinajstić information content (AvgIpc) is 2.55. The molecular formula is C18H22FNO4S2. The van der Waals surface area contributed by atoms with Crippen molar-refractivity contribution in [1.29, 1.82) is 0 Å². The van der Waals surface area contributed by atoms with E-state index in [4.69, 9.17) is 0 Å². The molecule has 0 bridgehead atoms. The zero-order valence-corrected chi connectivity index (χ0v) is 16.5. The van der Waals surface area contributed by atoms with Crippen molar-refractivity contribution < 1.29 is 22.2 Å². The molecule has 0 aliphatic carbocycles. The van der Waals surface area contributed by atoms with Gasteiger partial charge >= 0.3 is 0 Å². The molecule has 142 valence electrons. The minimum atomic E-state index is -4.27. The van der Waals surface area contributed by atoms with Crippen LogP contribution in [-0.4, -0.2) is 37.1 Å². The third-order valence-electron chi connectivity index (χ3n) is 3.18. The Hall–Kier alpha value is -1.90. The first-order valence-corrected chi connectivity index (χ1v) is 11.3. The van der Waals surface area contributed by atoms with Crippen LogP contribution in [0.2, 0.25) is 0 Å². The number of nitrogens with one attached hydrogen (secondary N) is 1. The summed E-state index contributed by atoms with van der Waals surface area (Å²) in [5.41, 5.74) is 1.57. The lowest BCUT2D eigenvalue weighted by Crippen LogP contribution is -2.16. The van der Waals surface area contributed by atoms with Crippen molar-refractivity contribution in [1.82, 2.24) is 0 Å². The first-order chi connectivity index (χ1) is 12.1. The maximum absolute atomic E-state index is 12.6. The summed E-state index contributed by atoms with van der Waals surface area (Å²) in [6.07, 6.45) is 4.73. The van der Waals surface area contributed by atoms with Gasteiger partial charge in [-0.25, -0.2) is 12.8 Å². The van der Waals surface area contributed by atoms with Crippen LogP contribution in [-0.2, 0) is 25.8 Å². The van der Waals surface area contributed by atoms with Gasteiger partial charge in [0.1, 0.15) is 21.7 Å². The summed E-state index contributed by atoms with van der Waals surface area (Å²) >= 11 is 0. The summed E-state index contributed by atoms with van der Waals surface area (Å²) in [6.45, 7) is 1.82. The van der Waals surface area contributed by atoms with Gasteiger partial charge in [-0.1, -0.05) is 17.7 Å². The predicted molar refractivity (Wildman–Crippen MR) is 103 cm³/mol. The number of hydrogen-bond acceptors (Lipinski definition) is 4. The van der Waals surface area contributed by atoms with Crippen molar-refractivity contribution in [3.05, 3.63) is 59.9 Å². The molecule has 2 aromatic carbocycles. The zero-order valence-electron chi connectivity index (χ0n) is 14.9. The van der Waals surface area contributed by atoms with Crippen molar-refractivity contribution in [2.45, 2.75) is 18.2 Å². The zero-order chi connectivity index (χ0) is 19.7. The van der Waals surface area contributed by atoms with Crippen molar-refractivity contribution in [3.8, 4) is 0 Å². The van der Waals surface area contributed by atoms with Crippen LogP contribution in [0.1, 0.15) is 12.0 Å². The second-order valence-corrected chi connectivity index (χ2v) is 9.52. The van der Waals surface area contributed by atoms with E-state index in [1.807, 2.05) is 6.92 Å². The molecule has 0 radical (unpaired) electrons. The highest BCUT2D eigenvalue weighted by atomic mass is 32.2. The van der Waals surface area contributed by atoms with Crippen LogP contribution in [0.15, 0.2) is 53.4 Å². The molecule has 0 aromatic heterocycles. The van der Waals surface area contributed by atoms with Crippen LogP contribution in [0.25, 0.3) is 0 Å². The number of aryl methyl sites for hydroxylation is 1. The van der Waals surface area contributed by atoms with Crippen LogP contribution in [0, 0.1) is 12.7 Å². The van der Waals surface area contributed by atoms with Gasteiger partial charge in [-0.15, -0.1) is 0 Å². The highest BCUT2D eigenvalue weighted by molar-refractivity contribution is 7.95. The summed E-state index contributed by atoms with van der Waals surface area (Å²) in [6, 6.07) is 11.6. The molecule has 0 aliphatic heterocycles. The van der Waals surface area contributed by atoms with Crippen molar-refractivity contribution in [2.75, 3.05) is 23.6 Å². The van der Waals surface area contributed by atoms with E-state index in [2.05, 4.69) is 17.8 Å². The Bertz CT molecular complexity index is 804. The lowest BCUT2D eigenvalue weighted by atomic mass is 10.2. The van der Waals surface area contributed by atoms with Crippen molar-refractivity contribution in [3.63, 3.8) is 0 Å². The first-order valence-electron chi connectivity index (χ1n) is 7.70. The quantitative estimate of drug-likeness (QED) is 0.619. The first kappa shape index (κ1) is 22.1. The fourth-order valence-corrected chi connectivity index (χ4v) is 2.82. The number of amides is 1. The molecule has 2 rings (SSSR count). The highest BCUT2D eigenvalue weighted by Crippen LogP contribution is 2.09. The summed E-state index contributed by atoms with van der Waals surface area (Å²) in [5, 5.41) is 2.72. The van der Waals surface area contributed by atoms with Gasteiger partial charge in [0.05, 0.1) is 23.8 Å². The van der Waals surface area contributed by atoms with Gasteiger partial charge in [0.25, 0.3) is 0 Å². The second kappa shape index (κ2) is 10.3. The Morgan fingerprint density at radius 1 is 1.08 bits per heavy atom. The SMILES string of the molecule is C[S+](C)CCC(=O)Nc1ccc(F)cc1.Cc1ccc(S(=O)(=O)[O-])cc1. The molecule has 5 nitrogen and oxygen atoms in total. The van der Waals surface area contributed by atoms with Gasteiger partial charge < -0.3 is 9.87 Å². The average molecular weight is 400 g/mol. The van der Waals surface area contributed by atoms with Gasteiger partial charge in [0.15, 0.2) is 0 Å². The Balaban J connectivity index is 0.000000273. The second-order valence-electron chi connectivity index (χ2n) is 5.76. The topological polar surface area (TPSA) is 86.3 Å². The molecular weight excluding hydrogens is 377 g/mol. The molecule has 26 heavy (non-hydrogen) atoms. The van der Waals surface area contributed by atoms with E-state index >= 15 is 0 Å². The van der Waals surface area contributed by atoms with Crippen LogP contribution in [0.5, 0.6) is 0 Å². The van der Waals surface area contributed by atoms with Crippen LogP contribution >= 0.6 is 0 Å². The maximum atomic E-state index is 12.6. The van der Waals surface area contributed by atoms with E-state index in [0.717, 1.165) is 11.3 Å². The van der Waals surface area contributed by atoms with Gasteiger partial charge in [-0.2, -0.15) is 0 Å². The molecule has 1 amide bonds. The molecule has 0 saturated heterocycles. The van der Waals surface area contributed by atoms with Crippen molar-refractivity contribution >= 4 is 32.6 Å². The molecule has 0 aliphatic rings. The molecule has 0 heterocycles. The van der Waals surface area contributed by atoms with Gasteiger partial charge in [-0.05, 0) is 54.2 Å². The number of carbonyl (C=O) groups is 1. The van der Waals surface area contributed by atoms with E-state index in [1.54, 1.807) is 24.3 Å². The molecule has 0 atom stereocenters. The molecule has 0 spiro atoms. The van der Waals surface area contributed by atoms with Crippen LogP contribution < -0.4 is 5.32 Å². The third-order valence-corrected chi connectivity index (χ3v) is 5.05. The fourth-order valence-electron chi connectivity index (χ4n) is 1.76. The van der Waals surface area contributed by atoms with Crippen LogP contribution in [0.4, 0.5) is 10.1 Å². The third kappa shape index (κ3) is 8.98. The number of hydrogen-bond donors (Lipinski definition) is 1. The van der Waals surface area contributed by atoms with E-state index < -0.39 is 10.1 Å². The number of halogens is 1. The molecule has 2 aromatic rings. The summed E-state index contributed by atoms with van der Waals surface area (Å²) < 4.78 is 43.7. The minimum absolute atomic E-state index is 0.0113. The largest absolute Gasteiger partial charge is 0.744 e. The van der Waals surface area contributed by atoms with E-state index in [9.17, 15) is 22.2 Å². The minimum Gasteiger partial charge on any atom is -0.744 e. The van der Waals surface area contributed by atoms with Crippen LogP contribution in [0.3, 0.4) is 0 Å². The Kier molecular flexibility index (Phi) is 8.77. The normalized spacial score (nSPS) is 10.8. The molecule has 0 fully saturated rings. The number of anilines is 1. The smallest absolute Gasteiger partial charge is 0.229 e. The summed E-state index contributed by atoms with van der Waals surface area (Å²) in [7, 11) is -3.99. The number of carbonyl (C=O) groups excluding carboxylic acids is 1. The lowest BCUT2D eigenvalue weighted by molar-refractivity contribution is -0.115. The fraction of sp³-hybridized carbons (Fsp3) is 0.278. The molecule has 8 heteroatoms. The Morgan fingerprint density at radius 3 is 2.08 bits per heavy atom. The Labute approximate surface area is 156 Å². The van der Waals surface area contributed by atoms with Gasteiger partial charge in [-0.3, -0.25) is 4.79 Å². The summed E-state index contributed by atoms with van der Waals surface area (Å²) in [4.78, 5) is 11.2. The van der Waals surface area contributed by atoms with E-state index in [-0.39, 0.29) is 27.5 Å². The Morgan fingerprint density at radius 2 is 1.62 bits per heavy atom. The van der Waals surface area contributed by atoms with E-state index in [1.165, 1.54) is 24.3 Å². The maximum Gasteiger partial charge on any atom is 0.229 e. The molecule has 0 unspecified atom stereocenters. The van der Waals surface area contributed by atoms with E-state index in [0.29, 0.717) is 12.1 Å². The van der Waals surface area contributed by atoms with Gasteiger partial charge in [0, 0.05) is 5.69 Å². The number of rotatable bonds is 5. The summed E-state index contributed by atoms with van der Waals surface area (Å²) in [5.74, 6) is 0.590. The monoisotopic (exact) mass is 399 g/mol. The predicted octanol–water partition coefficient (Wildman–Crippen LogP) is 2.93. The lowest BCUT2D eigenvalue weighted by Gasteiger charge is -2.05. The number of benzene rings is 2.